The molecular formula is C11H7Br2NO2. The minimum Gasteiger partial charge on any atom is -0.454 e. The SMILES string of the molecule is BrCc1cc2cc3c(cc2nc1Br)OCO3. The van der Waals surface area contributed by atoms with Crippen molar-refractivity contribution in [2.45, 2.75) is 5.33 Å². The second kappa shape index (κ2) is 3.89. The molecule has 1 aromatic carbocycles. The predicted octanol–water partition coefficient (Wildman–Crippen LogP) is 3.62. The maximum Gasteiger partial charge on any atom is 0.231 e. The second-order valence-electron chi connectivity index (χ2n) is 3.47. The van der Waals surface area contributed by atoms with E-state index >= 15 is 0 Å². The van der Waals surface area contributed by atoms with Crippen LogP contribution in [0.15, 0.2) is 22.8 Å². The van der Waals surface area contributed by atoms with Gasteiger partial charge in [0.2, 0.25) is 6.79 Å². The summed E-state index contributed by atoms with van der Waals surface area (Å²) >= 11 is 6.88. The molecule has 0 amide bonds. The molecule has 1 aliphatic heterocycles. The van der Waals surface area contributed by atoms with Crippen molar-refractivity contribution in [3.05, 3.63) is 28.4 Å². The summed E-state index contributed by atoms with van der Waals surface area (Å²) in [5.41, 5.74) is 2.02. The van der Waals surface area contributed by atoms with Gasteiger partial charge < -0.3 is 9.47 Å². The smallest absolute Gasteiger partial charge is 0.231 e. The molecule has 3 rings (SSSR count). The largest absolute Gasteiger partial charge is 0.454 e. The van der Waals surface area contributed by atoms with E-state index in [2.05, 4.69) is 42.9 Å². The number of hydrogen-bond donors (Lipinski definition) is 0. The zero-order chi connectivity index (χ0) is 11.1. The molecular weight excluding hydrogens is 338 g/mol. The van der Waals surface area contributed by atoms with E-state index in [1.54, 1.807) is 0 Å². The number of aromatic nitrogens is 1. The van der Waals surface area contributed by atoms with Crippen molar-refractivity contribution >= 4 is 42.8 Å². The monoisotopic (exact) mass is 343 g/mol. The van der Waals surface area contributed by atoms with Gasteiger partial charge in [-0.25, -0.2) is 4.98 Å². The maximum atomic E-state index is 5.34. The summed E-state index contributed by atoms with van der Waals surface area (Å²) in [5, 5.41) is 1.83. The van der Waals surface area contributed by atoms with Gasteiger partial charge in [0, 0.05) is 16.8 Å². The van der Waals surface area contributed by atoms with Crippen molar-refractivity contribution in [3.63, 3.8) is 0 Å². The van der Waals surface area contributed by atoms with Crippen LogP contribution >= 0.6 is 31.9 Å². The molecule has 2 heterocycles. The van der Waals surface area contributed by atoms with Crippen molar-refractivity contribution in [1.82, 2.24) is 4.98 Å². The number of halogens is 2. The van der Waals surface area contributed by atoms with E-state index in [4.69, 9.17) is 9.47 Å². The number of benzene rings is 1. The average Bonchev–Trinajstić information content (AvgIpc) is 2.72. The first-order chi connectivity index (χ1) is 7.78. The van der Waals surface area contributed by atoms with E-state index in [-0.39, 0.29) is 6.79 Å². The number of fused-ring (bicyclic) bond motifs is 2. The van der Waals surface area contributed by atoms with Gasteiger partial charge in [-0.1, -0.05) is 15.9 Å². The van der Waals surface area contributed by atoms with E-state index in [1.165, 1.54) is 0 Å². The molecule has 2 aromatic rings. The highest BCUT2D eigenvalue weighted by molar-refractivity contribution is 9.10. The zero-order valence-electron chi connectivity index (χ0n) is 8.17. The Bertz CT molecular complexity index is 561. The van der Waals surface area contributed by atoms with E-state index in [9.17, 15) is 0 Å². The Labute approximate surface area is 109 Å². The highest BCUT2D eigenvalue weighted by atomic mass is 79.9. The highest BCUT2D eigenvalue weighted by Crippen LogP contribution is 2.36. The van der Waals surface area contributed by atoms with Crippen molar-refractivity contribution < 1.29 is 9.47 Å². The third-order valence-corrected chi connectivity index (χ3v) is 3.77. The lowest BCUT2D eigenvalue weighted by molar-refractivity contribution is 0.174. The number of hydrogen-bond acceptors (Lipinski definition) is 3. The van der Waals surface area contributed by atoms with Gasteiger partial charge in [-0.3, -0.25) is 0 Å². The normalized spacial score (nSPS) is 13.4. The van der Waals surface area contributed by atoms with Crippen molar-refractivity contribution in [3.8, 4) is 11.5 Å². The fraction of sp³-hybridized carbons (Fsp3) is 0.182. The minimum atomic E-state index is 0.290. The van der Waals surface area contributed by atoms with Gasteiger partial charge in [-0.2, -0.15) is 0 Å². The molecule has 0 N–H and O–H groups in total. The molecule has 0 saturated carbocycles. The standard InChI is InChI=1S/C11H7Br2NO2/c12-4-7-1-6-2-9-10(16-5-15-9)3-8(6)14-11(7)13/h1-3H,4-5H2. The summed E-state index contributed by atoms with van der Waals surface area (Å²) in [7, 11) is 0. The van der Waals surface area contributed by atoms with Crippen molar-refractivity contribution in [2.75, 3.05) is 6.79 Å². The van der Waals surface area contributed by atoms with Crippen LogP contribution < -0.4 is 9.47 Å². The topological polar surface area (TPSA) is 31.4 Å². The lowest BCUT2D eigenvalue weighted by Crippen LogP contribution is -1.92. The van der Waals surface area contributed by atoms with Crippen LogP contribution in [0.4, 0.5) is 0 Å². The van der Waals surface area contributed by atoms with E-state index < -0.39 is 0 Å². The Balaban J connectivity index is 2.28. The third-order valence-electron chi connectivity index (χ3n) is 2.48. The van der Waals surface area contributed by atoms with Crippen molar-refractivity contribution in [2.24, 2.45) is 0 Å². The number of nitrogens with zero attached hydrogens (tertiary/aromatic N) is 1. The molecule has 16 heavy (non-hydrogen) atoms. The summed E-state index contributed by atoms with van der Waals surface area (Å²) in [6.07, 6.45) is 0. The van der Waals surface area contributed by atoms with E-state index in [1.807, 2.05) is 12.1 Å². The first kappa shape index (κ1) is 10.4. The first-order valence-electron chi connectivity index (χ1n) is 4.72. The summed E-state index contributed by atoms with van der Waals surface area (Å²) in [6.45, 7) is 0.290. The van der Waals surface area contributed by atoms with Crippen molar-refractivity contribution in [1.29, 1.82) is 0 Å². The molecule has 82 valence electrons. The number of pyridine rings is 1. The predicted molar refractivity (Wildman–Crippen MR) is 68.2 cm³/mol. The Morgan fingerprint density at radius 1 is 1.19 bits per heavy atom. The number of rotatable bonds is 1. The van der Waals surface area contributed by atoms with Crippen LogP contribution in [0.5, 0.6) is 11.5 Å². The quantitative estimate of drug-likeness (QED) is 0.585. The van der Waals surface area contributed by atoms with Gasteiger partial charge in [0.25, 0.3) is 0 Å². The van der Waals surface area contributed by atoms with Crippen LogP contribution in [-0.2, 0) is 5.33 Å². The van der Waals surface area contributed by atoms with Gasteiger partial charge in [-0.05, 0) is 33.6 Å². The fourth-order valence-corrected chi connectivity index (χ4v) is 2.93. The molecule has 0 aliphatic carbocycles. The Morgan fingerprint density at radius 2 is 1.94 bits per heavy atom. The number of ether oxygens (including phenoxy) is 2. The van der Waals surface area contributed by atoms with E-state index in [0.29, 0.717) is 0 Å². The van der Waals surface area contributed by atoms with Gasteiger partial charge >= 0.3 is 0 Å². The molecule has 0 fully saturated rings. The Kier molecular flexibility index (Phi) is 2.52. The highest BCUT2D eigenvalue weighted by Gasteiger charge is 2.15. The Morgan fingerprint density at radius 3 is 2.69 bits per heavy atom. The first-order valence-corrected chi connectivity index (χ1v) is 6.64. The van der Waals surface area contributed by atoms with Crippen LogP contribution in [-0.4, -0.2) is 11.8 Å². The van der Waals surface area contributed by atoms with Crippen LogP contribution in [0.2, 0.25) is 0 Å². The zero-order valence-corrected chi connectivity index (χ0v) is 11.3. The molecule has 0 atom stereocenters. The molecule has 1 aromatic heterocycles. The van der Waals surface area contributed by atoms with Crippen LogP contribution in [0, 0.1) is 0 Å². The van der Waals surface area contributed by atoms with Gasteiger partial charge in [0.05, 0.1) is 5.52 Å². The summed E-state index contributed by atoms with van der Waals surface area (Å²) < 4.78 is 11.5. The lowest BCUT2D eigenvalue weighted by atomic mass is 10.1. The van der Waals surface area contributed by atoms with Gasteiger partial charge in [-0.15, -0.1) is 0 Å². The second-order valence-corrected chi connectivity index (χ2v) is 4.78. The third kappa shape index (κ3) is 1.58. The molecule has 0 bridgehead atoms. The van der Waals surface area contributed by atoms with Crippen LogP contribution in [0.1, 0.15) is 5.56 Å². The fourth-order valence-electron chi connectivity index (χ4n) is 1.68. The average molecular weight is 345 g/mol. The molecule has 0 spiro atoms. The molecule has 0 unspecified atom stereocenters. The maximum absolute atomic E-state index is 5.34. The molecule has 5 heteroatoms. The lowest BCUT2D eigenvalue weighted by Gasteiger charge is -2.04. The molecule has 1 aliphatic rings. The van der Waals surface area contributed by atoms with Gasteiger partial charge in [0.15, 0.2) is 11.5 Å². The summed E-state index contributed by atoms with van der Waals surface area (Å²) in [5.74, 6) is 1.55. The minimum absolute atomic E-state index is 0.290. The Hall–Kier alpha value is -0.810. The molecule has 0 saturated heterocycles. The number of alkyl halides is 1. The van der Waals surface area contributed by atoms with Gasteiger partial charge in [0.1, 0.15) is 4.60 Å². The molecule has 3 nitrogen and oxygen atoms in total. The van der Waals surface area contributed by atoms with Crippen LogP contribution in [0.3, 0.4) is 0 Å². The summed E-state index contributed by atoms with van der Waals surface area (Å²) in [6, 6.07) is 5.95. The molecule has 0 radical (unpaired) electrons. The van der Waals surface area contributed by atoms with Crippen LogP contribution in [0.25, 0.3) is 10.9 Å². The summed E-state index contributed by atoms with van der Waals surface area (Å²) in [4.78, 5) is 4.48. The van der Waals surface area contributed by atoms with E-state index in [0.717, 1.165) is 37.9 Å².